The van der Waals surface area contributed by atoms with Crippen molar-refractivity contribution in [2.75, 3.05) is 5.73 Å². The third-order valence-electron chi connectivity index (χ3n) is 3.97. The number of halogens is 1. The highest BCUT2D eigenvalue weighted by atomic mass is 35.5. The summed E-state index contributed by atoms with van der Waals surface area (Å²) < 4.78 is 5.29. The maximum atomic E-state index is 11.2. The average Bonchev–Trinajstić information content (AvgIpc) is 3.06. The number of anilines is 1. The van der Waals surface area contributed by atoms with Crippen molar-refractivity contribution in [3.63, 3.8) is 0 Å². The molecule has 0 aliphatic rings. The molecule has 128 valence electrons. The van der Waals surface area contributed by atoms with E-state index in [0.717, 1.165) is 5.56 Å². The molecule has 0 saturated heterocycles. The lowest BCUT2D eigenvalue weighted by atomic mass is 9.95. The summed E-state index contributed by atoms with van der Waals surface area (Å²) in [5.41, 5.74) is 8.13. The third kappa shape index (κ3) is 2.64. The van der Waals surface area contributed by atoms with Crippen LogP contribution in [0.4, 0.5) is 11.5 Å². The number of rotatable bonds is 3. The van der Waals surface area contributed by atoms with Gasteiger partial charge in [-0.15, -0.1) is 0 Å². The molecule has 0 saturated carbocycles. The molecule has 4 rings (SSSR count). The van der Waals surface area contributed by atoms with Gasteiger partial charge in [0.25, 0.3) is 5.69 Å². The minimum atomic E-state index is -0.449. The summed E-state index contributed by atoms with van der Waals surface area (Å²) in [5, 5.41) is 15.7. The van der Waals surface area contributed by atoms with Crippen molar-refractivity contribution in [1.82, 2.24) is 10.1 Å². The fraction of sp³-hybridized carbons (Fsp3) is 0. The molecule has 0 fully saturated rings. The van der Waals surface area contributed by atoms with Gasteiger partial charge in [0.1, 0.15) is 5.15 Å². The highest BCUT2D eigenvalue weighted by Gasteiger charge is 2.22. The van der Waals surface area contributed by atoms with Crippen LogP contribution in [-0.2, 0) is 0 Å². The molecule has 2 heterocycles. The van der Waals surface area contributed by atoms with E-state index in [1.165, 1.54) is 12.1 Å². The molecule has 2 aromatic carbocycles. The number of nitro benzene ring substituents is 1. The van der Waals surface area contributed by atoms with Gasteiger partial charge in [-0.2, -0.15) is 0 Å². The van der Waals surface area contributed by atoms with Crippen molar-refractivity contribution in [2.45, 2.75) is 0 Å². The van der Waals surface area contributed by atoms with Crippen LogP contribution < -0.4 is 5.73 Å². The molecule has 0 atom stereocenters. The largest absolute Gasteiger partial charge is 0.381 e. The number of nitrogens with zero attached hydrogens (tertiary/aromatic N) is 3. The molecular formula is C18H11ClN4O3. The Morgan fingerprint density at radius 3 is 2.50 bits per heavy atom. The van der Waals surface area contributed by atoms with E-state index in [1.807, 2.05) is 30.3 Å². The van der Waals surface area contributed by atoms with Gasteiger partial charge in [-0.05, 0) is 11.6 Å². The predicted molar refractivity (Wildman–Crippen MR) is 98.8 cm³/mol. The van der Waals surface area contributed by atoms with Crippen molar-refractivity contribution < 1.29 is 9.45 Å². The quantitative estimate of drug-likeness (QED) is 0.320. The topological polar surface area (TPSA) is 108 Å². The highest BCUT2D eigenvalue weighted by Crippen LogP contribution is 2.42. The van der Waals surface area contributed by atoms with E-state index in [2.05, 4.69) is 10.1 Å². The Bertz CT molecular complexity index is 1140. The Morgan fingerprint density at radius 2 is 1.85 bits per heavy atom. The van der Waals surface area contributed by atoms with E-state index in [0.29, 0.717) is 27.8 Å². The maximum Gasteiger partial charge on any atom is 0.270 e. The first-order valence-electron chi connectivity index (χ1n) is 7.60. The van der Waals surface area contributed by atoms with Crippen LogP contribution in [0.25, 0.3) is 33.4 Å². The number of non-ortho nitro benzene ring substituents is 1. The molecule has 0 unspecified atom stereocenters. The Hall–Kier alpha value is -3.45. The van der Waals surface area contributed by atoms with E-state index < -0.39 is 4.92 Å². The summed E-state index contributed by atoms with van der Waals surface area (Å²) in [6.07, 6.45) is 0. The molecule has 0 aliphatic carbocycles. The number of aromatic nitrogens is 2. The zero-order valence-corrected chi connectivity index (χ0v) is 14.0. The zero-order chi connectivity index (χ0) is 18.3. The van der Waals surface area contributed by atoms with E-state index >= 15 is 0 Å². The lowest BCUT2D eigenvalue weighted by molar-refractivity contribution is -0.384. The molecule has 0 bridgehead atoms. The van der Waals surface area contributed by atoms with E-state index in [9.17, 15) is 10.1 Å². The van der Waals surface area contributed by atoms with Gasteiger partial charge in [-0.25, -0.2) is 4.98 Å². The van der Waals surface area contributed by atoms with Crippen molar-refractivity contribution in [2.24, 2.45) is 0 Å². The molecule has 26 heavy (non-hydrogen) atoms. The Kier molecular flexibility index (Phi) is 3.78. The number of nitro groups is 1. The summed E-state index contributed by atoms with van der Waals surface area (Å²) >= 11 is 6.43. The van der Waals surface area contributed by atoms with Gasteiger partial charge in [0, 0.05) is 29.1 Å². The summed E-state index contributed by atoms with van der Waals surface area (Å²) in [4.78, 5) is 15.1. The smallest absolute Gasteiger partial charge is 0.270 e. The monoisotopic (exact) mass is 366 g/mol. The van der Waals surface area contributed by atoms with E-state index in [4.69, 9.17) is 21.9 Å². The average molecular weight is 367 g/mol. The van der Waals surface area contributed by atoms with Crippen LogP contribution in [0.1, 0.15) is 0 Å². The van der Waals surface area contributed by atoms with E-state index in [1.54, 1.807) is 12.1 Å². The fourth-order valence-corrected chi connectivity index (χ4v) is 3.15. The Morgan fingerprint density at radius 1 is 1.08 bits per heavy atom. The maximum absolute atomic E-state index is 11.2. The van der Waals surface area contributed by atoms with Crippen molar-refractivity contribution in [1.29, 1.82) is 0 Å². The lowest BCUT2D eigenvalue weighted by Gasteiger charge is -2.13. The number of pyridine rings is 1. The van der Waals surface area contributed by atoms with Crippen LogP contribution in [-0.4, -0.2) is 15.1 Å². The molecule has 8 heteroatoms. The van der Waals surface area contributed by atoms with Crippen LogP contribution in [0.15, 0.2) is 59.1 Å². The molecule has 0 radical (unpaired) electrons. The molecule has 0 amide bonds. The van der Waals surface area contributed by atoms with Gasteiger partial charge < -0.3 is 10.3 Å². The molecule has 7 nitrogen and oxygen atoms in total. The first kappa shape index (κ1) is 16.0. The van der Waals surface area contributed by atoms with Crippen LogP contribution >= 0.6 is 11.6 Å². The minimum absolute atomic E-state index is 0.0400. The zero-order valence-electron chi connectivity index (χ0n) is 13.2. The number of hydrogen-bond acceptors (Lipinski definition) is 6. The fourth-order valence-electron chi connectivity index (χ4n) is 2.87. The second-order valence-electron chi connectivity index (χ2n) is 5.59. The highest BCUT2D eigenvalue weighted by molar-refractivity contribution is 6.34. The van der Waals surface area contributed by atoms with Gasteiger partial charge in [0.15, 0.2) is 11.6 Å². The molecule has 4 aromatic rings. The van der Waals surface area contributed by atoms with Crippen LogP contribution in [0, 0.1) is 10.1 Å². The van der Waals surface area contributed by atoms with Gasteiger partial charge in [-0.3, -0.25) is 10.1 Å². The lowest BCUT2D eigenvalue weighted by Crippen LogP contribution is -1.94. The second kappa shape index (κ2) is 6.12. The molecule has 0 aliphatic heterocycles. The van der Waals surface area contributed by atoms with Gasteiger partial charge in [0.2, 0.25) is 0 Å². The first-order chi connectivity index (χ1) is 12.5. The van der Waals surface area contributed by atoms with E-state index in [-0.39, 0.29) is 16.7 Å². The van der Waals surface area contributed by atoms with Crippen LogP contribution in [0.5, 0.6) is 0 Å². The van der Waals surface area contributed by atoms with Crippen molar-refractivity contribution in [3.05, 3.63) is 69.9 Å². The summed E-state index contributed by atoms with van der Waals surface area (Å²) in [7, 11) is 0. The van der Waals surface area contributed by atoms with Crippen molar-refractivity contribution >= 4 is 34.0 Å². The SMILES string of the molecule is Nc1cc(-c2c(Cl)nc3ccc([N+](=O)[O-])cc3c2-c2ccccc2)on1. The van der Waals surface area contributed by atoms with Crippen LogP contribution in [0.2, 0.25) is 5.15 Å². The Labute approximate surface area is 152 Å². The normalized spacial score (nSPS) is 11.0. The number of benzene rings is 2. The summed E-state index contributed by atoms with van der Waals surface area (Å²) in [5.74, 6) is 0.543. The number of fused-ring (bicyclic) bond motifs is 1. The van der Waals surface area contributed by atoms with Gasteiger partial charge in [0.05, 0.1) is 16.0 Å². The van der Waals surface area contributed by atoms with Gasteiger partial charge >= 0.3 is 0 Å². The standard InChI is InChI=1S/C18H11ClN4O3/c19-18-17(14-9-15(20)22-26-14)16(10-4-2-1-3-5-10)12-8-11(23(24)25)6-7-13(12)21-18/h1-9H,(H2,20,22). The number of hydrogen-bond donors (Lipinski definition) is 1. The third-order valence-corrected chi connectivity index (χ3v) is 4.25. The van der Waals surface area contributed by atoms with Crippen LogP contribution in [0.3, 0.4) is 0 Å². The minimum Gasteiger partial charge on any atom is -0.381 e. The molecule has 0 spiro atoms. The first-order valence-corrected chi connectivity index (χ1v) is 7.98. The molecule has 2 N–H and O–H groups in total. The molecular weight excluding hydrogens is 356 g/mol. The Balaban J connectivity index is 2.15. The number of nitrogens with two attached hydrogens (primary N) is 1. The van der Waals surface area contributed by atoms with Crippen molar-refractivity contribution in [3.8, 4) is 22.5 Å². The summed E-state index contributed by atoms with van der Waals surface area (Å²) in [6, 6.07) is 15.4. The predicted octanol–water partition coefficient (Wildman–Crippen LogP) is 4.70. The summed E-state index contributed by atoms with van der Waals surface area (Å²) in [6.45, 7) is 0. The van der Waals surface area contributed by atoms with Gasteiger partial charge in [-0.1, -0.05) is 47.1 Å². The molecule has 2 aromatic heterocycles. The second-order valence-corrected chi connectivity index (χ2v) is 5.95. The number of nitrogen functional groups attached to an aromatic ring is 1.